The second kappa shape index (κ2) is 8.19. The molecule has 1 amide bonds. The van der Waals surface area contributed by atoms with Gasteiger partial charge in [-0.1, -0.05) is 12.2 Å². The molecule has 0 aliphatic carbocycles. The molecule has 1 atom stereocenters. The molecule has 3 heterocycles. The molecule has 0 bridgehead atoms. The van der Waals surface area contributed by atoms with Crippen molar-refractivity contribution in [3.63, 3.8) is 0 Å². The van der Waals surface area contributed by atoms with E-state index >= 15 is 0 Å². The van der Waals surface area contributed by atoms with Gasteiger partial charge in [0.2, 0.25) is 0 Å². The molecule has 0 aromatic carbocycles. The lowest BCUT2D eigenvalue weighted by Crippen LogP contribution is -2.34. The maximum Gasteiger partial charge on any atom is 0.408 e. The van der Waals surface area contributed by atoms with Gasteiger partial charge in [-0.2, -0.15) is 0 Å². The third kappa shape index (κ3) is 5.10. The largest absolute Gasteiger partial charge is 0.444 e. The maximum atomic E-state index is 11.9. The molecule has 0 aliphatic heterocycles. The summed E-state index contributed by atoms with van der Waals surface area (Å²) in [7, 11) is 0. The van der Waals surface area contributed by atoms with Crippen LogP contribution in [0.25, 0.3) is 21.4 Å². The van der Waals surface area contributed by atoms with Crippen molar-refractivity contribution in [2.24, 2.45) is 5.73 Å². The van der Waals surface area contributed by atoms with Gasteiger partial charge in [0.25, 0.3) is 0 Å². The van der Waals surface area contributed by atoms with Crippen LogP contribution in [0.3, 0.4) is 0 Å². The number of amides is 1. The molecule has 3 N–H and O–H groups in total. The zero-order valence-electron chi connectivity index (χ0n) is 15.7. The van der Waals surface area contributed by atoms with Crippen LogP contribution in [-0.4, -0.2) is 31.6 Å². The van der Waals surface area contributed by atoms with Gasteiger partial charge >= 0.3 is 6.09 Å². The van der Waals surface area contributed by atoms with Crippen molar-refractivity contribution in [2.45, 2.75) is 39.3 Å². The molecule has 11 heteroatoms. The number of nitrogens with zero attached hydrogens (tertiary/aromatic N) is 3. The van der Waals surface area contributed by atoms with Crippen molar-refractivity contribution < 1.29 is 9.53 Å². The second-order valence-corrected chi connectivity index (χ2v) is 9.92. The number of rotatable bonds is 5. The Labute approximate surface area is 180 Å². The molecular weight excluding hydrogens is 434 g/mol. The summed E-state index contributed by atoms with van der Waals surface area (Å²) in [5.41, 5.74) is 7.20. The third-order valence-corrected chi connectivity index (χ3v) is 6.29. The first-order valence-electron chi connectivity index (χ1n) is 8.29. The number of aromatic nitrogens is 3. The number of hydrogen-bond acceptors (Lipinski definition) is 9. The number of nitrogens with two attached hydrogens (primary N) is 1. The summed E-state index contributed by atoms with van der Waals surface area (Å²) in [5, 5.41) is 10.8. The smallest absolute Gasteiger partial charge is 0.408 e. The molecule has 0 radical (unpaired) electrons. The molecule has 0 unspecified atom stereocenters. The lowest BCUT2D eigenvalue weighted by atomic mass is 10.2. The highest BCUT2D eigenvalue weighted by Crippen LogP contribution is 2.32. The van der Waals surface area contributed by atoms with Crippen LogP contribution >= 0.6 is 46.2 Å². The highest BCUT2D eigenvalue weighted by atomic mass is 32.1. The summed E-state index contributed by atoms with van der Waals surface area (Å²) in [5.74, 6) is 0. The number of hydrogen-bond donors (Lipinski definition) is 2. The van der Waals surface area contributed by atoms with E-state index in [9.17, 15) is 4.79 Å². The Bertz CT molecular complexity index is 1000. The first-order chi connectivity index (χ1) is 13.1. The van der Waals surface area contributed by atoms with Crippen molar-refractivity contribution in [2.75, 3.05) is 0 Å². The zero-order chi connectivity index (χ0) is 20.5. The van der Waals surface area contributed by atoms with Crippen LogP contribution < -0.4 is 11.1 Å². The summed E-state index contributed by atoms with van der Waals surface area (Å²) in [6, 6.07) is -0.264. The van der Waals surface area contributed by atoms with Crippen LogP contribution in [0.4, 0.5) is 4.79 Å². The summed E-state index contributed by atoms with van der Waals surface area (Å²) >= 11 is 9.35. The van der Waals surface area contributed by atoms with Gasteiger partial charge in [0.05, 0.1) is 6.04 Å². The van der Waals surface area contributed by atoms with E-state index in [0.29, 0.717) is 5.69 Å². The first kappa shape index (κ1) is 20.8. The average Bonchev–Trinajstić information content (AvgIpc) is 3.31. The first-order valence-corrected chi connectivity index (χ1v) is 11.3. The van der Waals surface area contributed by atoms with E-state index in [0.717, 1.165) is 26.4 Å². The third-order valence-electron chi connectivity index (χ3n) is 3.32. The molecule has 7 nitrogen and oxygen atoms in total. The van der Waals surface area contributed by atoms with Gasteiger partial charge in [0.15, 0.2) is 0 Å². The Balaban J connectivity index is 1.71. The lowest BCUT2D eigenvalue weighted by Gasteiger charge is -2.21. The van der Waals surface area contributed by atoms with Crippen molar-refractivity contribution in [3.05, 3.63) is 26.8 Å². The molecule has 0 aliphatic rings. The number of alkyl carbamates (subject to hydrolysis) is 1. The normalized spacial score (nSPS) is 12.6. The highest BCUT2D eigenvalue weighted by Gasteiger charge is 2.20. The lowest BCUT2D eigenvalue weighted by molar-refractivity contribution is 0.0508. The number of carbonyl (C=O) groups is 1. The van der Waals surface area contributed by atoms with Gasteiger partial charge in [0.1, 0.15) is 42.7 Å². The van der Waals surface area contributed by atoms with Gasteiger partial charge in [-0.15, -0.1) is 34.0 Å². The summed E-state index contributed by atoms with van der Waals surface area (Å²) in [6.07, 6.45) is -0.467. The van der Waals surface area contributed by atoms with Crippen LogP contribution in [0, 0.1) is 0 Å². The topological polar surface area (TPSA) is 103 Å². The number of carbonyl (C=O) groups excluding carboxylic acids is 1. The van der Waals surface area contributed by atoms with Gasteiger partial charge in [-0.3, -0.25) is 0 Å². The predicted molar refractivity (Wildman–Crippen MR) is 118 cm³/mol. The molecule has 28 heavy (non-hydrogen) atoms. The molecule has 0 spiro atoms. The van der Waals surface area contributed by atoms with Crippen LogP contribution in [0.15, 0.2) is 16.1 Å². The quantitative estimate of drug-likeness (QED) is 0.544. The number of ether oxygens (including phenoxy) is 1. The zero-order valence-corrected chi connectivity index (χ0v) is 18.9. The fraction of sp³-hybridized carbons (Fsp3) is 0.353. The van der Waals surface area contributed by atoms with Gasteiger partial charge in [-0.25, -0.2) is 19.7 Å². The minimum atomic E-state index is -0.543. The van der Waals surface area contributed by atoms with E-state index < -0.39 is 11.7 Å². The van der Waals surface area contributed by atoms with Crippen LogP contribution in [0.1, 0.15) is 44.4 Å². The van der Waals surface area contributed by atoms with Crippen LogP contribution in [0.2, 0.25) is 0 Å². The standard InChI is InChI=1S/C17H19N5O2S4/c1-8(19-16(23)24-17(2,3)4)13-21-10(6-26-13)15-22-11(7-28-15)14-20-9(5-27-14)12(18)25/h5-8H,1-4H3,(H2,18,25)(H,19,23)/t8-/m0/s1. The van der Waals surface area contributed by atoms with Gasteiger partial charge in [-0.05, 0) is 27.7 Å². The van der Waals surface area contributed by atoms with Crippen LogP contribution in [0.5, 0.6) is 0 Å². The molecule has 3 aromatic heterocycles. The van der Waals surface area contributed by atoms with E-state index in [4.69, 9.17) is 22.7 Å². The summed E-state index contributed by atoms with van der Waals surface area (Å²) in [6.45, 7) is 7.34. The van der Waals surface area contributed by atoms with Crippen molar-refractivity contribution in [1.29, 1.82) is 0 Å². The van der Waals surface area contributed by atoms with E-state index in [1.54, 1.807) is 0 Å². The van der Waals surface area contributed by atoms with Gasteiger partial charge < -0.3 is 15.8 Å². The maximum absolute atomic E-state index is 11.9. The minimum Gasteiger partial charge on any atom is -0.444 e. The summed E-state index contributed by atoms with van der Waals surface area (Å²) < 4.78 is 5.29. The van der Waals surface area contributed by atoms with Crippen molar-refractivity contribution >= 4 is 57.3 Å². The fourth-order valence-corrected chi connectivity index (χ4v) is 4.81. The van der Waals surface area contributed by atoms with Crippen LogP contribution in [-0.2, 0) is 4.74 Å². The Morgan fingerprint density at radius 2 is 1.71 bits per heavy atom. The average molecular weight is 454 g/mol. The van der Waals surface area contributed by atoms with Crippen molar-refractivity contribution in [1.82, 2.24) is 20.3 Å². The van der Waals surface area contributed by atoms with Gasteiger partial charge in [0, 0.05) is 16.1 Å². The predicted octanol–water partition coefficient (Wildman–Crippen LogP) is 4.61. The second-order valence-electron chi connectivity index (χ2n) is 6.88. The Hall–Kier alpha value is -1.95. The molecule has 3 rings (SSSR count). The molecule has 0 saturated carbocycles. The Kier molecular flexibility index (Phi) is 6.08. The number of nitrogens with one attached hydrogen (secondary N) is 1. The molecule has 148 valence electrons. The van der Waals surface area contributed by atoms with E-state index in [1.165, 1.54) is 34.0 Å². The Morgan fingerprint density at radius 1 is 1.11 bits per heavy atom. The van der Waals surface area contributed by atoms with E-state index in [2.05, 4.69) is 20.3 Å². The Morgan fingerprint density at radius 3 is 2.36 bits per heavy atom. The fourth-order valence-electron chi connectivity index (χ4n) is 2.12. The minimum absolute atomic E-state index is 0.264. The SMILES string of the molecule is C[C@H](NC(=O)OC(C)(C)C)c1nc(-c2nc(-c3nc(C(N)=S)cs3)cs2)cs1. The molecule has 0 fully saturated rings. The van der Waals surface area contributed by atoms with E-state index in [1.807, 2.05) is 43.8 Å². The highest BCUT2D eigenvalue weighted by molar-refractivity contribution is 7.80. The van der Waals surface area contributed by atoms with E-state index in [-0.39, 0.29) is 11.0 Å². The number of thiocarbonyl (C=S) groups is 1. The molecule has 3 aromatic rings. The molecular formula is C17H19N5O2S4. The monoisotopic (exact) mass is 453 g/mol. The number of thiazole rings is 3. The van der Waals surface area contributed by atoms with Crippen molar-refractivity contribution in [3.8, 4) is 21.4 Å². The summed E-state index contributed by atoms with van der Waals surface area (Å²) in [4.78, 5) is 25.8. The molecule has 0 saturated heterocycles.